The van der Waals surface area contributed by atoms with Crippen molar-refractivity contribution < 1.29 is 9.90 Å². The Labute approximate surface area is 106 Å². The number of amides is 1. The van der Waals surface area contributed by atoms with Crippen LogP contribution in [0.2, 0.25) is 5.02 Å². The lowest BCUT2D eigenvalue weighted by molar-refractivity contribution is -0.122. The van der Waals surface area contributed by atoms with Gasteiger partial charge in [0.15, 0.2) is 0 Å². The maximum atomic E-state index is 11.7. The molecule has 1 aromatic carbocycles. The molecule has 0 aromatic heterocycles. The summed E-state index contributed by atoms with van der Waals surface area (Å²) < 4.78 is 0. The molecular formula is C13H16ClNO2. The van der Waals surface area contributed by atoms with Crippen molar-refractivity contribution in [1.82, 2.24) is 5.32 Å². The summed E-state index contributed by atoms with van der Waals surface area (Å²) in [6.07, 6.45) is 1.51. The molecule has 3 nitrogen and oxygen atoms in total. The monoisotopic (exact) mass is 253 g/mol. The number of hydrogen-bond donors (Lipinski definition) is 2. The van der Waals surface area contributed by atoms with E-state index in [0.717, 1.165) is 12.0 Å². The summed E-state index contributed by atoms with van der Waals surface area (Å²) in [7, 11) is 0. The van der Waals surface area contributed by atoms with E-state index in [1.54, 1.807) is 0 Å². The fourth-order valence-corrected chi connectivity index (χ4v) is 2.21. The molecule has 2 unspecified atom stereocenters. The molecule has 1 amide bonds. The smallest absolute Gasteiger partial charge is 0.223 e. The highest BCUT2D eigenvalue weighted by Gasteiger charge is 2.43. The van der Waals surface area contributed by atoms with E-state index in [1.165, 1.54) is 0 Å². The predicted molar refractivity (Wildman–Crippen MR) is 67.0 cm³/mol. The first-order chi connectivity index (χ1) is 8.22. The summed E-state index contributed by atoms with van der Waals surface area (Å²) in [5.41, 5.74) is 1.14. The number of rotatable bonds is 5. The lowest BCUT2D eigenvalue weighted by Crippen LogP contribution is -2.26. The largest absolute Gasteiger partial charge is 0.396 e. The molecule has 0 aliphatic heterocycles. The van der Waals surface area contributed by atoms with Gasteiger partial charge in [-0.2, -0.15) is 0 Å². The van der Waals surface area contributed by atoms with E-state index in [1.807, 2.05) is 24.3 Å². The zero-order chi connectivity index (χ0) is 12.3. The van der Waals surface area contributed by atoms with Crippen LogP contribution in [-0.4, -0.2) is 24.2 Å². The molecule has 2 atom stereocenters. The number of nitrogens with one attached hydrogen (secondary N) is 1. The number of carbonyl (C=O) groups excluding carboxylic acids is 1. The molecule has 1 fully saturated rings. The third kappa shape index (κ3) is 3.20. The van der Waals surface area contributed by atoms with Gasteiger partial charge in [0.05, 0.1) is 0 Å². The van der Waals surface area contributed by atoms with Crippen molar-refractivity contribution in [3.05, 3.63) is 34.9 Å². The average Bonchev–Trinajstić information content (AvgIpc) is 3.09. The van der Waals surface area contributed by atoms with E-state index < -0.39 is 0 Å². The maximum absolute atomic E-state index is 11.7. The summed E-state index contributed by atoms with van der Waals surface area (Å²) in [6.45, 7) is 0.663. The Morgan fingerprint density at radius 2 is 2.35 bits per heavy atom. The van der Waals surface area contributed by atoms with E-state index in [9.17, 15) is 4.79 Å². The van der Waals surface area contributed by atoms with Gasteiger partial charge in [-0.25, -0.2) is 0 Å². The van der Waals surface area contributed by atoms with E-state index in [2.05, 4.69) is 5.32 Å². The molecule has 0 spiro atoms. The van der Waals surface area contributed by atoms with Gasteiger partial charge < -0.3 is 10.4 Å². The summed E-state index contributed by atoms with van der Waals surface area (Å²) in [6, 6.07) is 7.69. The quantitative estimate of drug-likeness (QED) is 0.788. The molecule has 0 heterocycles. The van der Waals surface area contributed by atoms with Gasteiger partial charge in [-0.15, -0.1) is 0 Å². The number of benzene rings is 1. The molecule has 1 aliphatic carbocycles. The van der Waals surface area contributed by atoms with Crippen LogP contribution in [0.5, 0.6) is 0 Å². The Kier molecular flexibility index (Phi) is 4.02. The lowest BCUT2D eigenvalue weighted by Gasteiger charge is -2.04. The molecule has 2 rings (SSSR count). The molecule has 17 heavy (non-hydrogen) atoms. The van der Waals surface area contributed by atoms with Gasteiger partial charge in [0.1, 0.15) is 0 Å². The molecule has 0 radical (unpaired) electrons. The highest BCUT2D eigenvalue weighted by Crippen LogP contribution is 2.47. The van der Waals surface area contributed by atoms with E-state index in [-0.39, 0.29) is 18.4 Å². The Balaban J connectivity index is 1.85. The molecule has 1 aromatic rings. The Bertz CT molecular complexity index is 408. The van der Waals surface area contributed by atoms with E-state index >= 15 is 0 Å². The van der Waals surface area contributed by atoms with Crippen molar-refractivity contribution in [2.75, 3.05) is 13.2 Å². The zero-order valence-corrected chi connectivity index (χ0v) is 10.3. The van der Waals surface area contributed by atoms with Crippen molar-refractivity contribution in [2.24, 2.45) is 5.92 Å². The second-order valence-corrected chi connectivity index (χ2v) is 4.81. The standard InChI is InChI=1S/C13H16ClNO2/c14-10-4-1-3-9(7-10)11-8-12(11)13(17)15-5-2-6-16/h1,3-4,7,11-12,16H,2,5-6,8H2,(H,15,17). The van der Waals surface area contributed by atoms with Gasteiger partial charge >= 0.3 is 0 Å². The first-order valence-corrected chi connectivity index (χ1v) is 6.24. The Hall–Kier alpha value is -1.06. The molecule has 4 heteroatoms. The minimum Gasteiger partial charge on any atom is -0.396 e. The molecular weight excluding hydrogens is 238 g/mol. The lowest BCUT2D eigenvalue weighted by atomic mass is 10.1. The third-order valence-corrected chi connectivity index (χ3v) is 3.27. The van der Waals surface area contributed by atoms with Crippen LogP contribution in [0, 0.1) is 5.92 Å². The van der Waals surface area contributed by atoms with Crippen molar-refractivity contribution in [1.29, 1.82) is 0 Å². The van der Waals surface area contributed by atoms with Crippen LogP contribution in [-0.2, 0) is 4.79 Å². The van der Waals surface area contributed by atoms with Crippen LogP contribution in [0.15, 0.2) is 24.3 Å². The van der Waals surface area contributed by atoms with Gasteiger partial charge in [0, 0.05) is 24.1 Å². The fraction of sp³-hybridized carbons (Fsp3) is 0.462. The summed E-state index contributed by atoms with van der Waals surface area (Å²) in [5.74, 6) is 0.471. The first kappa shape index (κ1) is 12.4. The van der Waals surface area contributed by atoms with Crippen LogP contribution in [0.1, 0.15) is 24.3 Å². The molecule has 1 aliphatic rings. The third-order valence-electron chi connectivity index (χ3n) is 3.04. The molecule has 1 saturated carbocycles. The second-order valence-electron chi connectivity index (χ2n) is 4.37. The van der Waals surface area contributed by atoms with Crippen molar-refractivity contribution in [2.45, 2.75) is 18.8 Å². The van der Waals surface area contributed by atoms with Crippen LogP contribution in [0.4, 0.5) is 0 Å². The molecule has 92 valence electrons. The first-order valence-electron chi connectivity index (χ1n) is 5.86. The topological polar surface area (TPSA) is 49.3 Å². The van der Waals surface area contributed by atoms with E-state index in [0.29, 0.717) is 23.9 Å². The predicted octanol–water partition coefficient (Wildman–Crippen LogP) is 1.94. The van der Waals surface area contributed by atoms with Crippen LogP contribution < -0.4 is 5.32 Å². The molecule has 0 saturated heterocycles. The number of carbonyl (C=O) groups is 1. The minimum absolute atomic E-state index is 0.0761. The normalized spacial score (nSPS) is 22.2. The van der Waals surface area contributed by atoms with Gasteiger partial charge in [-0.05, 0) is 36.5 Å². The van der Waals surface area contributed by atoms with Gasteiger partial charge in [0.25, 0.3) is 0 Å². The van der Waals surface area contributed by atoms with E-state index in [4.69, 9.17) is 16.7 Å². The van der Waals surface area contributed by atoms with Crippen LogP contribution >= 0.6 is 11.6 Å². The SMILES string of the molecule is O=C(NCCCO)C1CC1c1cccc(Cl)c1. The van der Waals surface area contributed by atoms with Crippen LogP contribution in [0.3, 0.4) is 0 Å². The Morgan fingerprint density at radius 3 is 3.06 bits per heavy atom. The fourth-order valence-electron chi connectivity index (χ4n) is 2.01. The van der Waals surface area contributed by atoms with Crippen molar-refractivity contribution >= 4 is 17.5 Å². The molecule has 0 bridgehead atoms. The number of halogens is 1. The number of hydrogen-bond acceptors (Lipinski definition) is 2. The molecule has 2 N–H and O–H groups in total. The van der Waals surface area contributed by atoms with Crippen LogP contribution in [0.25, 0.3) is 0 Å². The highest BCUT2D eigenvalue weighted by molar-refractivity contribution is 6.30. The number of aliphatic hydroxyl groups excluding tert-OH is 1. The minimum atomic E-state index is 0.0761. The summed E-state index contributed by atoms with van der Waals surface area (Å²) >= 11 is 5.92. The average molecular weight is 254 g/mol. The maximum Gasteiger partial charge on any atom is 0.223 e. The Morgan fingerprint density at radius 1 is 1.53 bits per heavy atom. The highest BCUT2D eigenvalue weighted by atomic mass is 35.5. The van der Waals surface area contributed by atoms with Crippen molar-refractivity contribution in [3.8, 4) is 0 Å². The zero-order valence-electron chi connectivity index (χ0n) is 9.53. The van der Waals surface area contributed by atoms with Gasteiger partial charge in [-0.1, -0.05) is 23.7 Å². The summed E-state index contributed by atoms with van der Waals surface area (Å²) in [4.78, 5) is 11.7. The number of aliphatic hydroxyl groups is 1. The van der Waals surface area contributed by atoms with Gasteiger partial charge in [0.2, 0.25) is 5.91 Å². The second kappa shape index (κ2) is 5.52. The van der Waals surface area contributed by atoms with Crippen molar-refractivity contribution in [3.63, 3.8) is 0 Å². The van der Waals surface area contributed by atoms with Gasteiger partial charge in [-0.3, -0.25) is 4.79 Å². The summed E-state index contributed by atoms with van der Waals surface area (Å²) in [5, 5.41) is 12.2.